The number of aliphatic hydroxyl groups is 1. The highest BCUT2D eigenvalue weighted by Gasteiger charge is 2.11. The van der Waals surface area contributed by atoms with Gasteiger partial charge in [0, 0.05) is 12.0 Å². The fourth-order valence-electron chi connectivity index (χ4n) is 2.31. The minimum Gasteiger partial charge on any atom is -0.493 e. The third-order valence-electron chi connectivity index (χ3n) is 3.89. The van der Waals surface area contributed by atoms with Crippen LogP contribution in [-0.2, 0) is 6.42 Å². The van der Waals surface area contributed by atoms with Crippen LogP contribution in [0.3, 0.4) is 0 Å². The smallest absolute Gasteiger partial charge is 0.257 e. The molecule has 1 atom stereocenters. The number of aliphatic hydroxyl groups excluding tert-OH is 1. The summed E-state index contributed by atoms with van der Waals surface area (Å²) in [5.41, 5.74) is 1.71. The van der Waals surface area contributed by atoms with Crippen LogP contribution in [0, 0.1) is 0 Å². The van der Waals surface area contributed by atoms with Gasteiger partial charge in [0.2, 0.25) is 0 Å². The molecule has 0 bridgehead atoms. The molecule has 26 heavy (non-hydrogen) atoms. The second-order valence-electron chi connectivity index (χ2n) is 5.82. The van der Waals surface area contributed by atoms with Gasteiger partial charge in [-0.2, -0.15) is 0 Å². The second kappa shape index (κ2) is 10.5. The van der Waals surface area contributed by atoms with E-state index < -0.39 is 0 Å². The highest BCUT2D eigenvalue weighted by molar-refractivity contribution is 7.80. The van der Waals surface area contributed by atoms with Crippen molar-refractivity contribution in [2.75, 3.05) is 13.2 Å². The first kappa shape index (κ1) is 19.9. The van der Waals surface area contributed by atoms with E-state index in [2.05, 4.69) is 22.8 Å². The van der Waals surface area contributed by atoms with Crippen LogP contribution in [0.2, 0.25) is 0 Å². The Morgan fingerprint density at radius 1 is 1.15 bits per heavy atom. The Bertz CT molecular complexity index is 701. The van der Waals surface area contributed by atoms with Gasteiger partial charge in [-0.15, -0.1) is 0 Å². The van der Waals surface area contributed by atoms with Crippen molar-refractivity contribution in [2.45, 2.75) is 25.8 Å². The minimum absolute atomic E-state index is 0.0402. The molecule has 6 heteroatoms. The van der Waals surface area contributed by atoms with Crippen LogP contribution in [0.4, 0.5) is 0 Å². The molecule has 0 heterocycles. The Balaban J connectivity index is 1.80. The van der Waals surface area contributed by atoms with Crippen molar-refractivity contribution >= 4 is 23.2 Å². The first-order chi connectivity index (χ1) is 12.6. The number of hydrogen-bond donors (Lipinski definition) is 3. The molecule has 0 aromatic heterocycles. The zero-order valence-electron chi connectivity index (χ0n) is 14.8. The second-order valence-corrected chi connectivity index (χ2v) is 6.23. The molecule has 1 amide bonds. The van der Waals surface area contributed by atoms with Crippen molar-refractivity contribution in [1.29, 1.82) is 0 Å². The number of carbonyl (C=O) groups is 1. The number of thiocarbonyl (C=S) groups is 1. The van der Waals surface area contributed by atoms with Gasteiger partial charge in [-0.1, -0.05) is 37.3 Å². The molecular weight excluding hydrogens is 348 g/mol. The van der Waals surface area contributed by atoms with Crippen molar-refractivity contribution in [3.63, 3.8) is 0 Å². The molecule has 2 rings (SSSR count). The zero-order valence-corrected chi connectivity index (χ0v) is 15.6. The summed E-state index contributed by atoms with van der Waals surface area (Å²) >= 11 is 5.09. The van der Waals surface area contributed by atoms with Crippen molar-refractivity contribution in [1.82, 2.24) is 10.6 Å². The standard InChI is InChI=1S/C20H24N2O3S/c1-2-17(14-23)21-20(26)22-19(24)16-8-10-18(11-9-16)25-13-12-15-6-4-3-5-7-15/h3-11,17,23H,2,12-14H2,1H3,(H2,21,22,24,26). The Morgan fingerprint density at radius 3 is 2.46 bits per heavy atom. The van der Waals surface area contributed by atoms with E-state index in [4.69, 9.17) is 22.1 Å². The maximum Gasteiger partial charge on any atom is 0.257 e. The van der Waals surface area contributed by atoms with Crippen LogP contribution in [0.1, 0.15) is 29.3 Å². The van der Waals surface area contributed by atoms with Gasteiger partial charge in [-0.25, -0.2) is 0 Å². The molecule has 138 valence electrons. The van der Waals surface area contributed by atoms with E-state index in [1.165, 1.54) is 5.56 Å². The number of ether oxygens (including phenoxy) is 1. The van der Waals surface area contributed by atoms with Gasteiger partial charge < -0.3 is 15.2 Å². The fourth-order valence-corrected chi connectivity index (χ4v) is 2.57. The van der Waals surface area contributed by atoms with Crippen LogP contribution in [0.25, 0.3) is 0 Å². The van der Waals surface area contributed by atoms with Gasteiger partial charge in [0.1, 0.15) is 5.75 Å². The van der Waals surface area contributed by atoms with Crippen LogP contribution in [0.15, 0.2) is 54.6 Å². The number of hydrogen-bond acceptors (Lipinski definition) is 4. The molecule has 3 N–H and O–H groups in total. The Morgan fingerprint density at radius 2 is 1.85 bits per heavy atom. The van der Waals surface area contributed by atoms with Gasteiger partial charge in [0.15, 0.2) is 5.11 Å². The van der Waals surface area contributed by atoms with E-state index >= 15 is 0 Å². The number of amides is 1. The van der Waals surface area contributed by atoms with E-state index in [-0.39, 0.29) is 23.7 Å². The summed E-state index contributed by atoms with van der Waals surface area (Å²) < 4.78 is 5.71. The monoisotopic (exact) mass is 372 g/mol. The van der Waals surface area contributed by atoms with E-state index in [1.54, 1.807) is 24.3 Å². The quantitative estimate of drug-likeness (QED) is 0.622. The summed E-state index contributed by atoms with van der Waals surface area (Å²) in [6.45, 7) is 2.46. The molecule has 2 aromatic rings. The normalized spacial score (nSPS) is 11.5. The summed E-state index contributed by atoms with van der Waals surface area (Å²) in [4.78, 5) is 12.2. The Labute approximate surface area is 159 Å². The van der Waals surface area contributed by atoms with Gasteiger partial charge in [0.05, 0.1) is 19.3 Å². The first-order valence-corrected chi connectivity index (χ1v) is 9.02. The third-order valence-corrected chi connectivity index (χ3v) is 4.11. The van der Waals surface area contributed by atoms with E-state index in [9.17, 15) is 4.79 Å². The lowest BCUT2D eigenvalue weighted by molar-refractivity contribution is 0.0976. The van der Waals surface area contributed by atoms with Gasteiger partial charge in [0.25, 0.3) is 5.91 Å². The lowest BCUT2D eigenvalue weighted by Gasteiger charge is -2.16. The molecule has 0 saturated carbocycles. The largest absolute Gasteiger partial charge is 0.493 e. The highest BCUT2D eigenvalue weighted by Crippen LogP contribution is 2.13. The van der Waals surface area contributed by atoms with Gasteiger partial charge >= 0.3 is 0 Å². The summed E-state index contributed by atoms with van der Waals surface area (Å²) in [7, 11) is 0. The lowest BCUT2D eigenvalue weighted by Crippen LogP contribution is -2.45. The fraction of sp³-hybridized carbons (Fsp3) is 0.300. The molecule has 5 nitrogen and oxygen atoms in total. The predicted molar refractivity (Wildman–Crippen MR) is 106 cm³/mol. The molecule has 0 fully saturated rings. The first-order valence-electron chi connectivity index (χ1n) is 8.62. The summed E-state index contributed by atoms with van der Waals surface area (Å²) in [6.07, 6.45) is 1.54. The molecule has 0 aliphatic carbocycles. The maximum atomic E-state index is 12.2. The van der Waals surface area contributed by atoms with Crippen LogP contribution in [-0.4, -0.2) is 35.4 Å². The van der Waals surface area contributed by atoms with E-state index in [0.29, 0.717) is 24.3 Å². The minimum atomic E-state index is -0.300. The van der Waals surface area contributed by atoms with Crippen LogP contribution < -0.4 is 15.4 Å². The van der Waals surface area contributed by atoms with Crippen molar-refractivity contribution in [2.24, 2.45) is 0 Å². The SMILES string of the molecule is CCC(CO)NC(=S)NC(=O)c1ccc(OCCc2ccccc2)cc1. The van der Waals surface area contributed by atoms with Crippen molar-refractivity contribution in [3.05, 3.63) is 65.7 Å². The van der Waals surface area contributed by atoms with E-state index in [1.807, 2.05) is 25.1 Å². The molecule has 0 spiro atoms. The van der Waals surface area contributed by atoms with Crippen LogP contribution in [0.5, 0.6) is 5.75 Å². The molecule has 0 aliphatic heterocycles. The van der Waals surface area contributed by atoms with Crippen LogP contribution >= 0.6 is 12.2 Å². The molecule has 0 saturated heterocycles. The molecule has 0 radical (unpaired) electrons. The third kappa shape index (κ3) is 6.46. The van der Waals surface area contributed by atoms with E-state index in [0.717, 1.165) is 6.42 Å². The van der Waals surface area contributed by atoms with Gasteiger partial charge in [-0.3, -0.25) is 10.1 Å². The number of rotatable bonds is 8. The van der Waals surface area contributed by atoms with Gasteiger partial charge in [-0.05, 0) is 48.5 Å². The lowest BCUT2D eigenvalue weighted by atomic mass is 10.2. The maximum absolute atomic E-state index is 12.2. The van der Waals surface area contributed by atoms with Crippen molar-refractivity contribution in [3.8, 4) is 5.75 Å². The Kier molecular flexibility index (Phi) is 8.05. The number of benzene rings is 2. The van der Waals surface area contributed by atoms with Crippen molar-refractivity contribution < 1.29 is 14.6 Å². The average Bonchev–Trinajstić information content (AvgIpc) is 2.67. The zero-order chi connectivity index (χ0) is 18.8. The number of carbonyl (C=O) groups excluding carboxylic acids is 1. The number of nitrogens with one attached hydrogen (secondary N) is 2. The molecule has 1 unspecified atom stereocenters. The summed E-state index contributed by atoms with van der Waals surface area (Å²) in [6, 6.07) is 16.9. The Hall–Kier alpha value is -2.44. The molecular formula is C20H24N2O3S. The summed E-state index contributed by atoms with van der Waals surface area (Å²) in [5, 5.41) is 14.9. The predicted octanol–water partition coefficient (Wildman–Crippen LogP) is 2.68. The topological polar surface area (TPSA) is 70.6 Å². The molecule has 2 aromatic carbocycles. The average molecular weight is 372 g/mol. The summed E-state index contributed by atoms with van der Waals surface area (Å²) in [5.74, 6) is 0.413. The highest BCUT2D eigenvalue weighted by atomic mass is 32.1. The molecule has 0 aliphatic rings.